The molecule has 4 saturated heterocycles. The van der Waals surface area contributed by atoms with Gasteiger partial charge in [0.15, 0.2) is 23.0 Å². The van der Waals surface area contributed by atoms with E-state index in [9.17, 15) is 38.4 Å². The molecule has 0 radical (unpaired) electrons. The van der Waals surface area contributed by atoms with Gasteiger partial charge < -0.3 is 98.7 Å². The number of methoxy groups -OCH3 is 4. The Balaban J connectivity index is 0.000000192. The van der Waals surface area contributed by atoms with Gasteiger partial charge in [0, 0.05) is 59.6 Å². The van der Waals surface area contributed by atoms with Gasteiger partial charge in [-0.3, -0.25) is 19.2 Å². The number of H-pyrrole nitrogens is 4. The molecule has 660 valence electrons. The van der Waals surface area contributed by atoms with E-state index < -0.39 is 48.5 Å². The Morgan fingerprint density at radius 2 is 0.540 bits per heavy atom. The van der Waals surface area contributed by atoms with Crippen molar-refractivity contribution < 1.29 is 76.3 Å². The number of hydrogen-bond acceptors (Lipinski definition) is 20. The van der Waals surface area contributed by atoms with Gasteiger partial charge in [-0.2, -0.15) is 0 Å². The summed E-state index contributed by atoms with van der Waals surface area (Å²) in [5.41, 5.74) is 16.9. The molecule has 8 amide bonds. The summed E-state index contributed by atoms with van der Waals surface area (Å²) in [7, 11) is 5.17. The first-order valence-electron chi connectivity index (χ1n) is 43.9. The van der Waals surface area contributed by atoms with Crippen LogP contribution in [0.15, 0.2) is 73.3 Å². The van der Waals surface area contributed by atoms with Gasteiger partial charge >= 0.3 is 24.4 Å². The zero-order valence-corrected chi connectivity index (χ0v) is 72.9. The van der Waals surface area contributed by atoms with Crippen LogP contribution in [0.2, 0.25) is 0 Å². The van der Waals surface area contributed by atoms with Gasteiger partial charge in [-0.1, -0.05) is 79.7 Å². The molecule has 4 fully saturated rings. The van der Waals surface area contributed by atoms with Gasteiger partial charge in [-0.05, 0) is 184 Å². The third kappa shape index (κ3) is 17.6. The topological polar surface area (TPSA) is 386 Å². The molecule has 2 aliphatic carbocycles. The van der Waals surface area contributed by atoms with Gasteiger partial charge in [0.2, 0.25) is 23.6 Å². The molecule has 0 saturated carbocycles. The maximum Gasteiger partial charge on any atom is 0.407 e. The molecule has 0 unspecified atom stereocenters. The van der Waals surface area contributed by atoms with E-state index in [4.69, 9.17) is 57.8 Å². The third-order valence-electron chi connectivity index (χ3n) is 25.5. The van der Waals surface area contributed by atoms with Crippen molar-refractivity contribution in [3.63, 3.8) is 0 Å². The van der Waals surface area contributed by atoms with Crippen LogP contribution in [0, 0.1) is 23.7 Å². The van der Waals surface area contributed by atoms with E-state index in [0.717, 1.165) is 148 Å². The monoisotopic (exact) mass is 1700 g/mol. The summed E-state index contributed by atoms with van der Waals surface area (Å²) in [6.45, 7) is 18.9. The van der Waals surface area contributed by atoms with E-state index in [-0.39, 0.29) is 71.5 Å². The summed E-state index contributed by atoms with van der Waals surface area (Å²) in [6, 6.07) is 13.1. The number of imidazole rings is 4. The number of rotatable bonds is 22. The van der Waals surface area contributed by atoms with E-state index in [0.29, 0.717) is 98.6 Å². The highest BCUT2D eigenvalue weighted by Crippen LogP contribution is 2.54. The van der Waals surface area contributed by atoms with E-state index in [1.807, 2.05) is 102 Å². The Kier molecular flexibility index (Phi) is 26.5. The first-order chi connectivity index (χ1) is 60.0. The highest BCUT2D eigenvalue weighted by atomic mass is 16.6. The van der Waals surface area contributed by atoms with Gasteiger partial charge in [0.05, 0.1) is 100 Å². The summed E-state index contributed by atoms with van der Waals surface area (Å²) < 4.78 is 44.5. The number of carbonyl (C=O) groups excluding carboxylic acids is 8. The number of hydrogen-bond donors (Lipinski definition) is 8. The maximum absolute atomic E-state index is 13.8. The summed E-state index contributed by atoms with van der Waals surface area (Å²) in [5, 5.41) is 10.9. The number of fused-ring (bicyclic) bond motifs is 4. The number of likely N-dealkylation sites (tertiary alicyclic amines) is 4. The second kappa shape index (κ2) is 37.9. The summed E-state index contributed by atoms with van der Waals surface area (Å²) in [4.78, 5) is 144. The lowest BCUT2D eigenvalue weighted by Crippen LogP contribution is -2.51. The van der Waals surface area contributed by atoms with Crippen LogP contribution < -0.4 is 40.2 Å². The molecular weight excluding hydrogens is 1590 g/mol. The number of alkyl carbamates (subject to hydrolysis) is 4. The van der Waals surface area contributed by atoms with Crippen molar-refractivity contribution in [2.24, 2.45) is 23.7 Å². The lowest BCUT2D eigenvalue weighted by Gasteiger charge is -2.30. The smallest absolute Gasteiger partial charge is 0.407 e. The van der Waals surface area contributed by atoms with Crippen LogP contribution in [-0.4, -0.2) is 213 Å². The first kappa shape index (κ1) is 86.8. The Bertz CT molecular complexity index is 4640. The molecule has 6 aliphatic heterocycles. The largest absolute Gasteiger partial charge is 0.485 e. The fraction of sp³-hybridized carbons (Fsp3) is 0.522. The fourth-order valence-electron chi connectivity index (χ4n) is 19.2. The highest BCUT2D eigenvalue weighted by Gasteiger charge is 2.44. The minimum absolute atomic E-state index is 0.102. The predicted octanol–water partition coefficient (Wildman–Crippen LogP) is 13.7. The van der Waals surface area contributed by atoms with E-state index >= 15 is 0 Å². The number of aromatic nitrogens is 8. The van der Waals surface area contributed by atoms with Gasteiger partial charge in [-0.25, -0.2) is 39.1 Å². The van der Waals surface area contributed by atoms with Crippen LogP contribution in [0.1, 0.15) is 202 Å². The predicted molar refractivity (Wildman–Crippen MR) is 461 cm³/mol. The second-order valence-corrected chi connectivity index (χ2v) is 34.6. The summed E-state index contributed by atoms with van der Waals surface area (Å²) >= 11 is 0. The lowest BCUT2D eigenvalue weighted by atomic mass is 9.78. The van der Waals surface area contributed by atoms with Crippen molar-refractivity contribution in [3.05, 3.63) is 119 Å². The van der Waals surface area contributed by atoms with Crippen molar-refractivity contribution >= 4 is 48.0 Å². The quantitative estimate of drug-likeness (QED) is 0.0292. The molecule has 4 aromatic heterocycles. The molecule has 8 atom stereocenters. The standard InChI is InChI=1S/C48H62N8O6.C44H54N8O10/c1-27(2)41(53-47(59)61-5)45(57)55-23-11-17-39(55)43-49-25-37(51-43)35-21-19-33(29-13-7-9-15-31(29)35)34-20-22-36(32-16-10-8-14-30(32)34)38-26-50-44(52-38)40-18-12-24-56(40)46(58)42(28(3)4)54-48(60)62-6;1-23(2)33(49-43(55)57-5)41(53)51-15-7-9-31(51)39-45-21-29(47-39)27-13-11-25(35-37(27)61-19-17-59-35)26-12-14-28(38-36(26)60-18-20-62-38)30-22-46-40(48-30)32-10-8-16-52(32)42(54)34(24(3)4)50-44(56)58-6/h19-22,25-28,39-42H,7-18,23-24H2,1-6H3,(H,49,51)(H,50,52)(H,53,59)(H,54,60);11-14,21-24,31-34H,7-10,15-20H2,1-6H3,(H,45,47)(H,46,48)(H,49,55)(H,50,56)/t39-,40-,41-,42-;31-,32-,33-,34-/m00/s1. The number of aromatic amines is 4. The van der Waals surface area contributed by atoms with Crippen LogP contribution in [0.25, 0.3) is 67.3 Å². The number of ether oxygens (including phenoxy) is 8. The van der Waals surface area contributed by atoms with Gasteiger partial charge in [0.1, 0.15) is 73.9 Å². The molecule has 8 aliphatic rings. The van der Waals surface area contributed by atoms with Crippen LogP contribution in [0.3, 0.4) is 0 Å². The average Bonchev–Trinajstić information content (AvgIpc) is 1.72. The van der Waals surface area contributed by atoms with Crippen molar-refractivity contribution in [2.45, 2.75) is 206 Å². The Morgan fingerprint density at radius 3 is 0.790 bits per heavy atom. The van der Waals surface area contributed by atoms with Crippen molar-refractivity contribution in [1.82, 2.24) is 80.7 Å². The lowest BCUT2D eigenvalue weighted by molar-refractivity contribution is -0.136. The molecule has 10 heterocycles. The minimum atomic E-state index is -0.740. The molecule has 0 spiro atoms. The Morgan fingerprint density at radius 1 is 0.323 bits per heavy atom. The molecule has 4 aromatic carbocycles. The minimum Gasteiger partial charge on any atom is -0.485 e. The van der Waals surface area contributed by atoms with Gasteiger partial charge in [-0.15, -0.1) is 0 Å². The Hall–Kier alpha value is -12.1. The zero-order chi connectivity index (χ0) is 87.3. The summed E-state index contributed by atoms with van der Waals surface area (Å²) in [6.07, 6.45) is 19.7. The number of nitrogens with zero attached hydrogens (tertiary/aromatic N) is 8. The SMILES string of the molecule is COC(=O)N[C@H](C(=O)N1CCC[C@H]1c1ncc(-c2ccc(-c3ccc(-c4cnc([C@@H]5CCCN5C(=O)[C@@H](NC(=O)OC)C(C)C)[nH]4)c4c3CCCC4)c3c2CCCC3)[nH]1)C(C)C.COC(=O)N[C@H](C(=O)N1CCC[C@H]1c1ncc(-c2ccc(-c3ccc(-c4cnc([C@@H]5CCCN5C(=O)[C@@H](NC(=O)OC)C(C)C)[nH]4)c4c3OCCO4)c3c2OCCO3)[nH]1)C(C)C. The first-order valence-corrected chi connectivity index (χ1v) is 43.9. The molecule has 16 rings (SSSR count). The fourth-order valence-corrected chi connectivity index (χ4v) is 19.2. The van der Waals surface area contributed by atoms with Crippen LogP contribution in [0.5, 0.6) is 23.0 Å². The third-order valence-corrected chi connectivity index (χ3v) is 25.5. The Labute approximate surface area is 721 Å². The number of amides is 8. The van der Waals surface area contributed by atoms with Crippen LogP contribution in [0.4, 0.5) is 19.2 Å². The van der Waals surface area contributed by atoms with E-state index in [1.54, 1.807) is 22.2 Å². The molecule has 8 N–H and O–H groups in total. The maximum atomic E-state index is 13.8. The van der Waals surface area contributed by atoms with Crippen molar-refractivity contribution in [3.8, 4) is 90.3 Å². The van der Waals surface area contributed by atoms with Crippen molar-refractivity contribution in [2.75, 3.05) is 81.0 Å². The van der Waals surface area contributed by atoms with Crippen LogP contribution >= 0.6 is 0 Å². The molecule has 0 bridgehead atoms. The molecule has 32 nitrogen and oxygen atoms in total. The van der Waals surface area contributed by atoms with Crippen LogP contribution in [-0.2, 0) is 63.8 Å². The zero-order valence-electron chi connectivity index (χ0n) is 72.9. The normalized spacial score (nSPS) is 19.3. The number of carbonyl (C=O) groups is 8. The average molecular weight is 1700 g/mol. The molecule has 8 aromatic rings. The summed E-state index contributed by atoms with van der Waals surface area (Å²) in [5.74, 6) is 3.93. The molecule has 32 heteroatoms. The van der Waals surface area contributed by atoms with E-state index in [2.05, 4.69) is 65.5 Å². The number of nitrogens with one attached hydrogen (secondary N) is 8. The second-order valence-electron chi connectivity index (χ2n) is 34.6. The van der Waals surface area contributed by atoms with Gasteiger partial charge in [0.25, 0.3) is 0 Å². The number of benzene rings is 4. The van der Waals surface area contributed by atoms with Crippen molar-refractivity contribution in [1.29, 1.82) is 0 Å². The van der Waals surface area contributed by atoms with E-state index in [1.165, 1.54) is 72.9 Å². The highest BCUT2D eigenvalue weighted by molar-refractivity contribution is 5.92. The molecular formula is C92H116N16O16. The molecule has 124 heavy (non-hydrogen) atoms.